The fourth-order valence-corrected chi connectivity index (χ4v) is 5.34. The van der Waals surface area contributed by atoms with Crippen LogP contribution in [0.15, 0.2) is 20.2 Å². The highest BCUT2D eigenvalue weighted by atomic mass is 32.2. The summed E-state index contributed by atoms with van der Waals surface area (Å²) in [5.41, 5.74) is 0.599. The number of carbonyl (C=O) groups is 1. The Morgan fingerprint density at radius 3 is 2.75 bits per heavy atom. The van der Waals surface area contributed by atoms with E-state index in [-0.39, 0.29) is 17.3 Å². The van der Waals surface area contributed by atoms with Gasteiger partial charge in [0, 0.05) is 30.5 Å². The van der Waals surface area contributed by atoms with Crippen molar-refractivity contribution < 1.29 is 22.8 Å². The topological polar surface area (TPSA) is 114 Å². The van der Waals surface area contributed by atoms with Gasteiger partial charge in [0.25, 0.3) is 10.0 Å². The minimum absolute atomic E-state index is 0.203. The van der Waals surface area contributed by atoms with Crippen LogP contribution >= 0.6 is 11.3 Å². The standard InChI is InChI=1S/C14H17N3O5S2/c1-2-11-15-13(16-22-11)10-7-12(23-8-10)24(20,21)17-5-3-9(4-6-17)14(18)19/h7-9H,2-6H2,1H3,(H,18,19). The molecule has 0 atom stereocenters. The molecule has 0 amide bonds. The maximum atomic E-state index is 12.7. The summed E-state index contributed by atoms with van der Waals surface area (Å²) in [4.78, 5) is 15.2. The third-order valence-corrected chi connectivity index (χ3v) is 7.32. The van der Waals surface area contributed by atoms with E-state index in [2.05, 4.69) is 10.1 Å². The van der Waals surface area contributed by atoms with E-state index in [1.807, 2.05) is 6.92 Å². The van der Waals surface area contributed by atoms with Crippen molar-refractivity contribution in [1.29, 1.82) is 0 Å². The zero-order chi connectivity index (χ0) is 17.3. The molecule has 1 fully saturated rings. The molecule has 0 aromatic carbocycles. The van der Waals surface area contributed by atoms with Gasteiger partial charge in [-0.2, -0.15) is 9.29 Å². The largest absolute Gasteiger partial charge is 0.481 e. The number of aryl methyl sites for hydroxylation is 1. The van der Waals surface area contributed by atoms with Gasteiger partial charge in [0.15, 0.2) is 0 Å². The second-order valence-corrected chi connectivity index (χ2v) is 8.61. The average molecular weight is 371 g/mol. The number of aliphatic carboxylic acids is 1. The lowest BCUT2D eigenvalue weighted by atomic mass is 9.99. The van der Waals surface area contributed by atoms with Crippen LogP contribution in [-0.2, 0) is 21.2 Å². The Balaban J connectivity index is 1.77. The van der Waals surface area contributed by atoms with Crippen LogP contribution in [0.2, 0.25) is 0 Å². The Labute approximate surface area is 143 Å². The van der Waals surface area contributed by atoms with Gasteiger partial charge in [-0.15, -0.1) is 11.3 Å². The molecule has 1 N–H and O–H groups in total. The van der Waals surface area contributed by atoms with Crippen LogP contribution in [0.1, 0.15) is 25.7 Å². The molecule has 1 aliphatic rings. The molecule has 8 nitrogen and oxygen atoms in total. The van der Waals surface area contributed by atoms with Crippen LogP contribution in [0.25, 0.3) is 11.4 Å². The first-order valence-electron chi connectivity index (χ1n) is 7.56. The summed E-state index contributed by atoms with van der Waals surface area (Å²) in [6.45, 7) is 2.32. The second kappa shape index (κ2) is 6.61. The Kier molecular flexibility index (Phi) is 4.70. The number of sulfonamides is 1. The van der Waals surface area contributed by atoms with Gasteiger partial charge in [-0.1, -0.05) is 12.1 Å². The second-order valence-electron chi connectivity index (χ2n) is 5.54. The van der Waals surface area contributed by atoms with Gasteiger partial charge in [-0.05, 0) is 18.9 Å². The van der Waals surface area contributed by atoms with E-state index in [0.29, 0.717) is 36.5 Å². The van der Waals surface area contributed by atoms with E-state index in [4.69, 9.17) is 9.63 Å². The first-order valence-corrected chi connectivity index (χ1v) is 9.88. The van der Waals surface area contributed by atoms with Crippen molar-refractivity contribution in [3.8, 4) is 11.4 Å². The van der Waals surface area contributed by atoms with Crippen LogP contribution in [0.3, 0.4) is 0 Å². The Hall–Kier alpha value is -1.78. The van der Waals surface area contributed by atoms with Crippen LogP contribution in [0.4, 0.5) is 0 Å². The van der Waals surface area contributed by atoms with Crippen LogP contribution < -0.4 is 0 Å². The van der Waals surface area contributed by atoms with Crippen molar-refractivity contribution in [3.63, 3.8) is 0 Å². The quantitative estimate of drug-likeness (QED) is 0.853. The molecule has 3 rings (SSSR count). The smallest absolute Gasteiger partial charge is 0.306 e. The molecule has 24 heavy (non-hydrogen) atoms. The summed E-state index contributed by atoms with van der Waals surface area (Å²) in [6.07, 6.45) is 1.27. The average Bonchev–Trinajstić information content (AvgIpc) is 3.24. The number of carboxylic acids is 1. The summed E-state index contributed by atoms with van der Waals surface area (Å²) in [5, 5.41) is 14.5. The highest BCUT2D eigenvalue weighted by molar-refractivity contribution is 7.91. The molecule has 0 spiro atoms. The van der Waals surface area contributed by atoms with Gasteiger partial charge in [0.05, 0.1) is 5.92 Å². The van der Waals surface area contributed by atoms with Gasteiger partial charge in [-0.3, -0.25) is 4.79 Å². The number of hydrogen-bond acceptors (Lipinski definition) is 7. The van der Waals surface area contributed by atoms with Crippen molar-refractivity contribution in [3.05, 3.63) is 17.3 Å². The number of aromatic nitrogens is 2. The van der Waals surface area contributed by atoms with Gasteiger partial charge in [0.2, 0.25) is 11.7 Å². The summed E-state index contributed by atoms with van der Waals surface area (Å²) < 4.78 is 32.0. The van der Waals surface area contributed by atoms with Crippen molar-refractivity contribution >= 4 is 27.3 Å². The third kappa shape index (κ3) is 3.21. The van der Waals surface area contributed by atoms with E-state index in [0.717, 1.165) is 11.3 Å². The molecule has 10 heteroatoms. The molecule has 0 unspecified atom stereocenters. The molecule has 2 aromatic rings. The third-order valence-electron chi connectivity index (χ3n) is 4.00. The molecular weight excluding hydrogens is 354 g/mol. The van der Waals surface area contributed by atoms with Crippen molar-refractivity contribution in [2.45, 2.75) is 30.4 Å². The fourth-order valence-electron chi connectivity index (χ4n) is 2.56. The lowest BCUT2D eigenvalue weighted by molar-refractivity contribution is -0.142. The number of hydrogen-bond donors (Lipinski definition) is 1. The van der Waals surface area contributed by atoms with Crippen LogP contribution in [-0.4, -0.2) is 47.0 Å². The summed E-state index contributed by atoms with van der Waals surface area (Å²) in [5.74, 6) is -0.470. The van der Waals surface area contributed by atoms with E-state index in [9.17, 15) is 13.2 Å². The van der Waals surface area contributed by atoms with Gasteiger partial charge in [0.1, 0.15) is 4.21 Å². The van der Waals surface area contributed by atoms with Gasteiger partial charge >= 0.3 is 5.97 Å². The fraction of sp³-hybridized carbons (Fsp3) is 0.500. The monoisotopic (exact) mass is 371 g/mol. The molecule has 1 saturated heterocycles. The van der Waals surface area contributed by atoms with E-state index < -0.39 is 21.9 Å². The zero-order valence-electron chi connectivity index (χ0n) is 13.0. The molecule has 0 radical (unpaired) electrons. The first-order chi connectivity index (χ1) is 11.4. The predicted octanol–water partition coefficient (Wildman–Crippen LogP) is 1.85. The van der Waals surface area contributed by atoms with Crippen LogP contribution in [0.5, 0.6) is 0 Å². The first kappa shape index (κ1) is 17.1. The highest BCUT2D eigenvalue weighted by Gasteiger charge is 2.33. The highest BCUT2D eigenvalue weighted by Crippen LogP contribution is 2.31. The molecule has 1 aliphatic heterocycles. The number of nitrogens with zero attached hydrogens (tertiary/aromatic N) is 3. The predicted molar refractivity (Wildman–Crippen MR) is 86.1 cm³/mol. The van der Waals surface area contributed by atoms with Gasteiger partial charge < -0.3 is 9.63 Å². The normalized spacial score (nSPS) is 17.2. The molecule has 2 aromatic heterocycles. The summed E-state index contributed by atoms with van der Waals surface area (Å²) in [6, 6.07) is 1.54. The Morgan fingerprint density at radius 1 is 1.46 bits per heavy atom. The van der Waals surface area contributed by atoms with E-state index >= 15 is 0 Å². The number of piperidine rings is 1. The van der Waals surface area contributed by atoms with E-state index in [1.165, 1.54) is 10.4 Å². The molecule has 0 bridgehead atoms. The maximum Gasteiger partial charge on any atom is 0.306 e. The number of carboxylic acid groups (broad SMARTS) is 1. The number of rotatable bonds is 5. The SMILES string of the molecule is CCc1nc(-c2csc(S(=O)(=O)N3CCC(C(=O)O)CC3)c2)no1. The molecule has 0 aliphatic carbocycles. The molecule has 3 heterocycles. The Bertz CT molecular complexity index is 834. The maximum absolute atomic E-state index is 12.7. The minimum atomic E-state index is -3.62. The lowest BCUT2D eigenvalue weighted by Gasteiger charge is -2.28. The van der Waals surface area contributed by atoms with Gasteiger partial charge in [-0.25, -0.2) is 8.42 Å². The Morgan fingerprint density at radius 2 is 2.17 bits per heavy atom. The minimum Gasteiger partial charge on any atom is -0.481 e. The zero-order valence-corrected chi connectivity index (χ0v) is 14.6. The van der Waals surface area contributed by atoms with Crippen molar-refractivity contribution in [2.75, 3.05) is 13.1 Å². The lowest BCUT2D eigenvalue weighted by Crippen LogP contribution is -2.39. The number of thiophene rings is 1. The van der Waals surface area contributed by atoms with E-state index in [1.54, 1.807) is 5.38 Å². The van der Waals surface area contributed by atoms with Crippen molar-refractivity contribution in [1.82, 2.24) is 14.4 Å². The summed E-state index contributed by atoms with van der Waals surface area (Å²) in [7, 11) is -3.62. The van der Waals surface area contributed by atoms with Crippen molar-refractivity contribution in [2.24, 2.45) is 5.92 Å². The molecule has 130 valence electrons. The molecular formula is C14H17N3O5S2. The molecule has 0 saturated carbocycles. The summed E-state index contributed by atoms with van der Waals surface area (Å²) >= 11 is 1.10. The van der Waals surface area contributed by atoms with Crippen LogP contribution in [0, 0.1) is 5.92 Å².